The van der Waals surface area contributed by atoms with Gasteiger partial charge in [0.2, 0.25) is 6.17 Å². The monoisotopic (exact) mass is 556 g/mol. The van der Waals surface area contributed by atoms with Crippen molar-refractivity contribution < 1.29 is 18.0 Å². The normalized spacial score (nSPS) is 27.8. The Bertz CT molecular complexity index is 1660. The predicted octanol–water partition coefficient (Wildman–Crippen LogP) is 4.25. The molecule has 0 saturated carbocycles. The molecule has 5 aliphatic rings. The Hall–Kier alpha value is -2.86. The summed E-state index contributed by atoms with van der Waals surface area (Å²) in [6.07, 6.45) is 2.52. The molecule has 5 saturated heterocycles. The molecule has 2 aromatic heterocycles. The van der Waals surface area contributed by atoms with E-state index in [1.165, 1.54) is 12.1 Å². The maximum Gasteiger partial charge on any atom is 0.319 e. The van der Waals surface area contributed by atoms with E-state index >= 15 is 4.39 Å². The second-order valence-corrected chi connectivity index (χ2v) is 12.4. The first-order chi connectivity index (χ1) is 18.3. The molecule has 2 N–H and O–H groups in total. The summed E-state index contributed by atoms with van der Waals surface area (Å²) in [5.74, 6) is -0.397. The van der Waals surface area contributed by atoms with E-state index in [4.69, 9.17) is 27.1 Å². The minimum absolute atomic E-state index is 0.116. The zero-order valence-corrected chi connectivity index (χ0v) is 22.2. The first-order valence-electron chi connectivity index (χ1n) is 12.8. The van der Waals surface area contributed by atoms with Crippen LogP contribution in [0.4, 0.5) is 19.7 Å². The minimum Gasteiger partial charge on any atom is -0.462 e. The largest absolute Gasteiger partial charge is 0.462 e. The number of nitrogens with two attached hydrogens (primary N) is 1. The number of aromatic nitrogens is 3. The summed E-state index contributed by atoms with van der Waals surface area (Å²) >= 11 is 7.78. The molecule has 12 heteroatoms. The maximum absolute atomic E-state index is 16.5. The molecular weight excluding hydrogens is 532 g/mol. The molecule has 2 aromatic carbocycles. The average Bonchev–Trinajstić information content (AvgIpc) is 3.16. The van der Waals surface area contributed by atoms with Crippen molar-refractivity contribution in [2.75, 3.05) is 50.5 Å². The lowest BCUT2D eigenvalue weighted by Gasteiger charge is -2.31. The van der Waals surface area contributed by atoms with Crippen molar-refractivity contribution in [3.05, 3.63) is 34.9 Å². The maximum atomic E-state index is 16.5. The van der Waals surface area contributed by atoms with Crippen molar-refractivity contribution >= 4 is 55.0 Å². The number of piperazine rings is 2. The highest BCUT2D eigenvalue weighted by atomic mass is 35.5. The third kappa shape index (κ3) is 3.16. The number of likely N-dealkylation sites (tertiary alicyclic amines) is 1. The van der Waals surface area contributed by atoms with Crippen molar-refractivity contribution in [1.82, 2.24) is 19.9 Å². The number of likely N-dealkylation sites (N-methyl/N-ethyl adjacent to an activating group) is 1. The molecule has 1 spiro atoms. The first-order valence-corrected chi connectivity index (χ1v) is 14.0. The zero-order chi connectivity index (χ0) is 25.9. The van der Waals surface area contributed by atoms with E-state index in [9.17, 15) is 4.39 Å². The second-order valence-electron chi connectivity index (χ2n) is 11.0. The summed E-state index contributed by atoms with van der Waals surface area (Å²) in [4.78, 5) is 18.3. The van der Waals surface area contributed by atoms with Gasteiger partial charge in [-0.25, -0.2) is 13.8 Å². The van der Waals surface area contributed by atoms with Crippen LogP contribution in [-0.2, 0) is 0 Å². The quantitative estimate of drug-likeness (QED) is 0.291. The molecule has 0 radical (unpaired) electrons. The van der Waals surface area contributed by atoms with E-state index in [0.29, 0.717) is 35.6 Å². The van der Waals surface area contributed by atoms with Gasteiger partial charge in [0, 0.05) is 22.6 Å². The van der Waals surface area contributed by atoms with Gasteiger partial charge in [-0.1, -0.05) is 22.9 Å². The lowest BCUT2D eigenvalue weighted by molar-refractivity contribution is -0.836. The summed E-state index contributed by atoms with van der Waals surface area (Å²) in [7, 11) is 2.08. The summed E-state index contributed by atoms with van der Waals surface area (Å²) in [5, 5.41) is 0.939. The Labute approximate surface area is 226 Å². The van der Waals surface area contributed by atoms with Crippen LogP contribution >= 0.6 is 22.9 Å². The van der Waals surface area contributed by atoms with E-state index in [-0.39, 0.29) is 43.5 Å². The van der Waals surface area contributed by atoms with Crippen LogP contribution < -0.4 is 15.4 Å². The number of nitrogen functional groups attached to an aromatic ring is 1. The zero-order valence-electron chi connectivity index (χ0n) is 20.6. The molecule has 2 bridgehead atoms. The number of hydrogen-bond donors (Lipinski definition) is 1. The summed E-state index contributed by atoms with van der Waals surface area (Å²) in [5.41, 5.74) is 6.78. The molecule has 5 fully saturated rings. The highest BCUT2D eigenvalue weighted by Crippen LogP contribution is 2.54. The number of anilines is 2. The van der Waals surface area contributed by atoms with Gasteiger partial charge in [-0.2, -0.15) is 9.97 Å². The number of benzene rings is 2. The average molecular weight is 557 g/mol. The third-order valence-electron chi connectivity index (χ3n) is 8.83. The van der Waals surface area contributed by atoms with Crippen LogP contribution in [0.15, 0.2) is 18.2 Å². The lowest BCUT2D eigenvalue weighted by atomic mass is 10.0. The van der Waals surface area contributed by atoms with Crippen LogP contribution in [0.3, 0.4) is 0 Å². The fourth-order valence-corrected chi connectivity index (χ4v) is 7.82. The molecule has 7 heterocycles. The Morgan fingerprint density at radius 3 is 2.74 bits per heavy atom. The third-order valence-corrected chi connectivity index (χ3v) is 10.0. The van der Waals surface area contributed by atoms with Gasteiger partial charge in [0.15, 0.2) is 17.5 Å². The van der Waals surface area contributed by atoms with Crippen molar-refractivity contribution in [3.8, 4) is 17.1 Å². The van der Waals surface area contributed by atoms with Gasteiger partial charge in [-0.05, 0) is 44.6 Å². The molecule has 0 aliphatic carbocycles. The van der Waals surface area contributed by atoms with Crippen LogP contribution in [0.5, 0.6) is 6.01 Å². The van der Waals surface area contributed by atoms with Gasteiger partial charge >= 0.3 is 6.01 Å². The molecule has 9 rings (SSSR count). The van der Waals surface area contributed by atoms with Gasteiger partial charge in [-0.15, -0.1) is 0 Å². The Balaban J connectivity index is 1.30. The number of hydrogen-bond acceptors (Lipinski definition) is 8. The van der Waals surface area contributed by atoms with Gasteiger partial charge in [-0.3, -0.25) is 9.38 Å². The standard InChI is InChI=1S/C26H25ClF2N7OS/c1-34-6-2-3-12(34)11-37-26-32-21-15(24(33-26)35-13-8-36(9-13)10-18(35)36)7-16(27)19(20(21)29)14-4-5-17(28)23-22(14)31-25(30)38-23/h4-5,7,12-13,18H,2-3,6,8-11H2,1H3,(H2,30,31)/q+1. The van der Waals surface area contributed by atoms with Crippen molar-refractivity contribution in [2.45, 2.75) is 31.1 Å². The first kappa shape index (κ1) is 23.1. The van der Waals surface area contributed by atoms with Crippen LogP contribution in [0.25, 0.3) is 32.2 Å². The van der Waals surface area contributed by atoms with E-state index in [2.05, 4.69) is 26.8 Å². The van der Waals surface area contributed by atoms with Gasteiger partial charge in [0.1, 0.15) is 42.9 Å². The molecule has 4 aromatic rings. The molecule has 8 nitrogen and oxygen atoms in total. The highest BCUT2D eigenvalue weighted by Gasteiger charge is 2.76. The minimum atomic E-state index is -0.606. The summed E-state index contributed by atoms with van der Waals surface area (Å²) < 4.78 is 38.5. The van der Waals surface area contributed by atoms with Crippen LogP contribution in [0, 0.1) is 11.6 Å². The highest BCUT2D eigenvalue weighted by molar-refractivity contribution is 7.22. The molecule has 38 heavy (non-hydrogen) atoms. The van der Waals surface area contributed by atoms with Gasteiger partial charge in [0.25, 0.3) is 0 Å². The Morgan fingerprint density at radius 1 is 1.18 bits per heavy atom. The SMILES string of the molecule is CN1CCCC1COc1nc(N2C3C[N+]4(C3)CC24)c2cc(Cl)c(-c3ccc(F)c4sc(N)nc34)c(F)c2n1. The van der Waals surface area contributed by atoms with Crippen molar-refractivity contribution in [1.29, 1.82) is 0 Å². The fourth-order valence-electron chi connectivity index (χ4n) is 6.76. The van der Waals surface area contributed by atoms with Crippen LogP contribution in [-0.4, -0.2) is 82.4 Å². The number of rotatable bonds is 5. The van der Waals surface area contributed by atoms with E-state index in [1.54, 1.807) is 6.07 Å². The lowest BCUT2D eigenvalue weighted by Crippen LogP contribution is -2.52. The number of quaternary nitrogens is 1. The molecule has 196 valence electrons. The van der Waals surface area contributed by atoms with Gasteiger partial charge < -0.3 is 15.4 Å². The predicted molar refractivity (Wildman–Crippen MR) is 144 cm³/mol. The molecule has 2 unspecified atom stereocenters. The van der Waals surface area contributed by atoms with E-state index < -0.39 is 11.6 Å². The Kier molecular flexibility index (Phi) is 4.76. The fraction of sp³-hybridized carbons (Fsp3) is 0.423. The summed E-state index contributed by atoms with van der Waals surface area (Å²) in [6, 6.07) is 5.31. The molecule has 2 atom stereocenters. The van der Waals surface area contributed by atoms with Crippen LogP contribution in [0.2, 0.25) is 5.02 Å². The van der Waals surface area contributed by atoms with Crippen molar-refractivity contribution in [2.24, 2.45) is 0 Å². The Morgan fingerprint density at radius 2 is 2.03 bits per heavy atom. The number of fused-ring (bicyclic) bond motifs is 2. The number of halogens is 3. The molecule has 0 amide bonds. The second kappa shape index (κ2) is 7.84. The van der Waals surface area contributed by atoms with Crippen molar-refractivity contribution in [3.63, 3.8) is 0 Å². The smallest absolute Gasteiger partial charge is 0.319 e. The number of thiazole rings is 1. The van der Waals surface area contributed by atoms with Gasteiger partial charge in [0.05, 0.1) is 15.2 Å². The molecular formula is C26H25ClF2N7OS+. The van der Waals surface area contributed by atoms with Crippen LogP contribution in [0.1, 0.15) is 12.8 Å². The molecule has 5 aliphatic heterocycles. The topological polar surface area (TPSA) is 80.4 Å². The van der Waals surface area contributed by atoms with E-state index in [0.717, 1.165) is 54.8 Å². The van der Waals surface area contributed by atoms with E-state index in [1.807, 2.05) is 0 Å². The number of nitrogens with zero attached hydrogens (tertiary/aromatic N) is 6. The number of ether oxygens (including phenoxy) is 1. The summed E-state index contributed by atoms with van der Waals surface area (Å²) in [6.45, 7) is 4.72.